The maximum atomic E-state index is 13.4. The van der Waals surface area contributed by atoms with Gasteiger partial charge in [0.1, 0.15) is 12.6 Å². The fourth-order valence-corrected chi connectivity index (χ4v) is 4.62. The smallest absolute Gasteiger partial charge is 0.244 e. The van der Waals surface area contributed by atoms with Crippen LogP contribution in [0.4, 0.5) is 5.69 Å². The molecule has 0 aromatic heterocycles. The zero-order valence-corrected chi connectivity index (χ0v) is 21.1. The average molecular weight is 521 g/mol. The van der Waals surface area contributed by atoms with E-state index in [9.17, 15) is 18.0 Å². The van der Waals surface area contributed by atoms with Crippen LogP contribution < -0.4 is 9.62 Å². The molecular weight excluding hydrogens is 497 g/mol. The number of benzene rings is 2. The highest BCUT2D eigenvalue weighted by Gasteiger charge is 2.30. The van der Waals surface area contributed by atoms with Gasteiger partial charge < -0.3 is 10.2 Å². The molecule has 7 nitrogen and oxygen atoms in total. The zero-order valence-electron chi connectivity index (χ0n) is 18.0. The van der Waals surface area contributed by atoms with Crippen LogP contribution in [0.2, 0.25) is 15.1 Å². The summed E-state index contributed by atoms with van der Waals surface area (Å²) in [5.41, 5.74) is 1.36. The SMILES string of the molecule is CNC(=O)C(C)N(Cc1ccc(Cl)cc1Cl)C(=O)CN(c1cccc(Cl)c1C)S(C)(=O)=O. The number of rotatable bonds is 8. The van der Waals surface area contributed by atoms with E-state index < -0.39 is 34.4 Å². The van der Waals surface area contributed by atoms with Gasteiger partial charge in [-0.25, -0.2) is 8.42 Å². The molecule has 2 rings (SSSR count). The Labute approximate surface area is 203 Å². The minimum Gasteiger partial charge on any atom is -0.357 e. The number of amides is 2. The third-order valence-corrected chi connectivity index (χ3v) is 7.08. The lowest BCUT2D eigenvalue weighted by molar-refractivity contribution is -0.139. The highest BCUT2D eigenvalue weighted by Crippen LogP contribution is 2.29. The van der Waals surface area contributed by atoms with Crippen LogP contribution >= 0.6 is 34.8 Å². The first kappa shape index (κ1) is 26.3. The van der Waals surface area contributed by atoms with E-state index in [2.05, 4.69) is 5.32 Å². The van der Waals surface area contributed by atoms with Crippen LogP contribution in [0, 0.1) is 6.92 Å². The largest absolute Gasteiger partial charge is 0.357 e. The first-order valence-electron chi connectivity index (χ1n) is 9.54. The van der Waals surface area contributed by atoms with Gasteiger partial charge in [-0.15, -0.1) is 0 Å². The lowest BCUT2D eigenvalue weighted by atomic mass is 10.1. The van der Waals surface area contributed by atoms with E-state index in [0.717, 1.165) is 10.6 Å². The molecule has 1 N–H and O–H groups in total. The third-order valence-electron chi connectivity index (χ3n) is 4.96. The second-order valence-corrected chi connectivity index (χ2v) is 10.4. The molecular formula is C21H24Cl3N3O4S. The van der Waals surface area contributed by atoms with Crippen molar-refractivity contribution in [3.8, 4) is 0 Å². The van der Waals surface area contributed by atoms with Gasteiger partial charge in [0.05, 0.1) is 11.9 Å². The second-order valence-electron chi connectivity index (χ2n) is 7.20. The Morgan fingerprint density at radius 1 is 1.09 bits per heavy atom. The van der Waals surface area contributed by atoms with Crippen LogP contribution in [-0.2, 0) is 26.2 Å². The van der Waals surface area contributed by atoms with Crippen molar-refractivity contribution in [1.82, 2.24) is 10.2 Å². The molecule has 0 spiro atoms. The highest BCUT2D eigenvalue weighted by atomic mass is 35.5. The standard InChI is InChI=1S/C21H24Cl3N3O4S/c1-13-17(23)6-5-7-19(13)27(32(4,30)31)12-20(28)26(14(2)21(29)25-3)11-15-8-9-16(22)10-18(15)24/h5-10,14H,11-12H2,1-4H3,(H,25,29). The summed E-state index contributed by atoms with van der Waals surface area (Å²) in [7, 11) is -2.39. The summed E-state index contributed by atoms with van der Waals surface area (Å²) in [4.78, 5) is 27.0. The number of anilines is 1. The van der Waals surface area contributed by atoms with Crippen molar-refractivity contribution in [3.63, 3.8) is 0 Å². The topological polar surface area (TPSA) is 86.8 Å². The Balaban J connectivity index is 2.46. The van der Waals surface area contributed by atoms with Gasteiger partial charge >= 0.3 is 0 Å². The van der Waals surface area contributed by atoms with Crippen molar-refractivity contribution in [2.24, 2.45) is 0 Å². The number of nitrogens with one attached hydrogen (secondary N) is 1. The van der Waals surface area contributed by atoms with E-state index in [1.807, 2.05) is 0 Å². The molecule has 1 atom stereocenters. The van der Waals surface area contributed by atoms with Crippen LogP contribution in [0.25, 0.3) is 0 Å². The number of carbonyl (C=O) groups is 2. The Kier molecular flexibility index (Phi) is 8.82. The van der Waals surface area contributed by atoms with Crippen LogP contribution in [0.3, 0.4) is 0 Å². The number of sulfonamides is 1. The van der Waals surface area contributed by atoms with Crippen LogP contribution in [-0.4, -0.2) is 51.0 Å². The molecule has 0 fully saturated rings. The van der Waals surface area contributed by atoms with Gasteiger partial charge in [0.25, 0.3) is 0 Å². The summed E-state index contributed by atoms with van der Waals surface area (Å²) in [6, 6.07) is 8.71. The molecule has 0 radical (unpaired) electrons. The predicted molar refractivity (Wildman–Crippen MR) is 129 cm³/mol. The van der Waals surface area contributed by atoms with Crippen LogP contribution in [0.15, 0.2) is 36.4 Å². The Hall–Kier alpha value is -2.00. The maximum Gasteiger partial charge on any atom is 0.244 e. The summed E-state index contributed by atoms with van der Waals surface area (Å²) in [5.74, 6) is -0.995. The molecule has 0 saturated carbocycles. The molecule has 0 heterocycles. The summed E-state index contributed by atoms with van der Waals surface area (Å²) >= 11 is 18.4. The minimum absolute atomic E-state index is 0.0183. The number of nitrogens with zero attached hydrogens (tertiary/aromatic N) is 2. The Morgan fingerprint density at radius 3 is 2.31 bits per heavy atom. The monoisotopic (exact) mass is 519 g/mol. The predicted octanol–water partition coefficient (Wildman–Crippen LogP) is 3.88. The molecule has 32 heavy (non-hydrogen) atoms. The van der Waals surface area contributed by atoms with Gasteiger partial charge in [-0.2, -0.15) is 0 Å². The van der Waals surface area contributed by atoms with Gasteiger partial charge in [-0.05, 0) is 49.2 Å². The molecule has 0 aliphatic carbocycles. The van der Waals surface area contributed by atoms with Crippen molar-refractivity contribution in [1.29, 1.82) is 0 Å². The first-order valence-corrected chi connectivity index (χ1v) is 12.5. The Bertz CT molecular complexity index is 1130. The van der Waals surface area contributed by atoms with E-state index in [1.165, 1.54) is 18.0 Å². The zero-order chi connectivity index (χ0) is 24.2. The molecule has 0 saturated heterocycles. The molecule has 2 aromatic rings. The van der Waals surface area contributed by atoms with E-state index in [1.54, 1.807) is 44.2 Å². The molecule has 0 bridgehead atoms. The van der Waals surface area contributed by atoms with Gasteiger partial charge in [0.15, 0.2) is 0 Å². The number of likely N-dealkylation sites (N-methyl/N-ethyl adjacent to an activating group) is 1. The van der Waals surface area contributed by atoms with Crippen molar-refractivity contribution >= 4 is 62.3 Å². The highest BCUT2D eigenvalue weighted by molar-refractivity contribution is 7.92. The van der Waals surface area contributed by atoms with Crippen molar-refractivity contribution < 1.29 is 18.0 Å². The normalized spacial score (nSPS) is 12.2. The second kappa shape index (κ2) is 10.7. The molecule has 0 aliphatic rings. The summed E-state index contributed by atoms with van der Waals surface area (Å²) < 4.78 is 26.1. The third kappa shape index (κ3) is 6.28. The molecule has 2 aromatic carbocycles. The summed E-state index contributed by atoms with van der Waals surface area (Å²) in [6.45, 7) is 2.68. The first-order chi connectivity index (χ1) is 14.9. The van der Waals surface area contributed by atoms with E-state index in [4.69, 9.17) is 34.8 Å². The number of hydrogen-bond donors (Lipinski definition) is 1. The van der Waals surface area contributed by atoms with Gasteiger partial charge in [0.2, 0.25) is 21.8 Å². The van der Waals surface area contributed by atoms with E-state index >= 15 is 0 Å². The number of hydrogen-bond acceptors (Lipinski definition) is 4. The number of carbonyl (C=O) groups excluding carboxylic acids is 2. The minimum atomic E-state index is -3.84. The molecule has 174 valence electrons. The molecule has 0 aliphatic heterocycles. The van der Waals surface area contributed by atoms with Crippen LogP contribution in [0.1, 0.15) is 18.1 Å². The summed E-state index contributed by atoms with van der Waals surface area (Å²) in [5, 5.41) is 3.62. The average Bonchev–Trinajstić information content (AvgIpc) is 2.71. The van der Waals surface area contributed by atoms with Gasteiger partial charge in [-0.1, -0.05) is 46.9 Å². The van der Waals surface area contributed by atoms with Crippen LogP contribution in [0.5, 0.6) is 0 Å². The lowest BCUT2D eigenvalue weighted by Gasteiger charge is -2.32. The van der Waals surface area contributed by atoms with Gasteiger partial charge in [-0.3, -0.25) is 13.9 Å². The van der Waals surface area contributed by atoms with Gasteiger partial charge in [0, 0.05) is 28.7 Å². The fraction of sp³-hybridized carbons (Fsp3) is 0.333. The molecule has 11 heteroatoms. The Morgan fingerprint density at radius 2 is 1.75 bits per heavy atom. The van der Waals surface area contributed by atoms with Crippen molar-refractivity contribution in [2.75, 3.05) is 24.2 Å². The van der Waals surface area contributed by atoms with Crippen molar-refractivity contribution in [2.45, 2.75) is 26.4 Å². The number of halogens is 3. The van der Waals surface area contributed by atoms with Crippen molar-refractivity contribution in [3.05, 3.63) is 62.6 Å². The molecule has 2 amide bonds. The lowest BCUT2D eigenvalue weighted by Crippen LogP contribution is -2.50. The fourth-order valence-electron chi connectivity index (χ4n) is 3.09. The van der Waals surface area contributed by atoms with E-state index in [-0.39, 0.29) is 12.2 Å². The summed E-state index contributed by atoms with van der Waals surface area (Å²) in [6.07, 6.45) is 1.00. The quantitative estimate of drug-likeness (QED) is 0.572. The molecule has 1 unspecified atom stereocenters. The van der Waals surface area contributed by atoms with E-state index in [0.29, 0.717) is 26.2 Å². The maximum absolute atomic E-state index is 13.4.